The minimum atomic E-state index is -0.946. The first-order chi connectivity index (χ1) is 11.6. The summed E-state index contributed by atoms with van der Waals surface area (Å²) in [7, 11) is 0. The quantitative estimate of drug-likeness (QED) is 0.232. The largest absolute Gasteiger partial charge is 0.411 e. The molecule has 0 bridgehead atoms. The van der Waals surface area contributed by atoms with E-state index in [1.165, 1.54) is 12.4 Å². The number of hydrogen-bond donors (Lipinski definition) is 4. The molecule has 0 aliphatic carbocycles. The number of nitrogens with zero attached hydrogens (tertiary/aromatic N) is 4. The average Bonchev–Trinajstić information content (AvgIpc) is 2.59. The van der Waals surface area contributed by atoms with E-state index in [2.05, 4.69) is 10.3 Å². The average molecular weight is 332 g/mol. The van der Waals surface area contributed by atoms with E-state index in [4.69, 9.17) is 10.4 Å². The normalized spacial score (nSPS) is 14.2. The minimum Gasteiger partial charge on any atom is -0.411 e. The Labute approximate surface area is 138 Å². The maximum Gasteiger partial charge on any atom is 0.176 e. The van der Waals surface area contributed by atoms with Gasteiger partial charge in [-0.25, -0.2) is 9.13 Å². The highest BCUT2D eigenvalue weighted by atomic mass is 16.4. The number of rotatable bonds is 7. The first kappa shape index (κ1) is 17.5. The topological polar surface area (TPSA) is 113 Å². The van der Waals surface area contributed by atoms with E-state index < -0.39 is 12.2 Å². The molecule has 0 aromatic carbocycles. The molecule has 0 aliphatic rings. The van der Waals surface area contributed by atoms with Crippen molar-refractivity contribution >= 4 is 12.4 Å². The Balaban J connectivity index is 1.92. The number of oxime groups is 2. The fraction of sp³-hybridized carbons (Fsp3) is 0.250. The van der Waals surface area contributed by atoms with Crippen LogP contribution in [-0.2, 0) is 13.1 Å². The van der Waals surface area contributed by atoms with Gasteiger partial charge < -0.3 is 20.6 Å². The third kappa shape index (κ3) is 5.11. The molecular formula is C16H20N4O4+2. The molecule has 24 heavy (non-hydrogen) atoms. The van der Waals surface area contributed by atoms with Crippen LogP contribution in [0.15, 0.2) is 59.4 Å². The molecule has 2 heterocycles. The Morgan fingerprint density at radius 3 is 1.38 bits per heavy atom. The molecule has 0 fully saturated rings. The summed E-state index contributed by atoms with van der Waals surface area (Å²) in [6.07, 6.45) is 7.62. The van der Waals surface area contributed by atoms with E-state index in [1.54, 1.807) is 58.2 Å². The maximum atomic E-state index is 10.1. The molecule has 2 aromatic heterocycles. The Bertz CT molecular complexity index is 625. The zero-order valence-corrected chi connectivity index (χ0v) is 12.9. The molecule has 0 amide bonds. The van der Waals surface area contributed by atoms with Gasteiger partial charge in [0, 0.05) is 35.4 Å². The van der Waals surface area contributed by atoms with Gasteiger partial charge in [-0.05, 0) is 0 Å². The summed E-state index contributed by atoms with van der Waals surface area (Å²) in [6.45, 7) is 0.459. The predicted octanol–water partition coefficient (Wildman–Crippen LogP) is -0.700. The summed E-state index contributed by atoms with van der Waals surface area (Å²) in [5, 5.41) is 43.1. The first-order valence-corrected chi connectivity index (χ1v) is 7.31. The van der Waals surface area contributed by atoms with Crippen LogP contribution in [0.5, 0.6) is 0 Å². The van der Waals surface area contributed by atoms with Crippen molar-refractivity contribution in [2.24, 2.45) is 10.3 Å². The van der Waals surface area contributed by atoms with Crippen LogP contribution in [0.1, 0.15) is 11.1 Å². The van der Waals surface area contributed by atoms with Gasteiger partial charge >= 0.3 is 0 Å². The Morgan fingerprint density at radius 2 is 1.08 bits per heavy atom. The SMILES string of the molecule is O/N=C\c1cc[n+](CC(O)C(O)C[n+]2ccc(/C=N\O)cc2)cc1. The van der Waals surface area contributed by atoms with Gasteiger partial charge in [-0.1, -0.05) is 10.3 Å². The van der Waals surface area contributed by atoms with Crippen molar-refractivity contribution in [3.63, 3.8) is 0 Å². The van der Waals surface area contributed by atoms with E-state index >= 15 is 0 Å². The Hall–Kier alpha value is -2.84. The van der Waals surface area contributed by atoms with Gasteiger partial charge in [0.25, 0.3) is 0 Å². The van der Waals surface area contributed by atoms with E-state index in [-0.39, 0.29) is 13.1 Å². The highest BCUT2D eigenvalue weighted by Crippen LogP contribution is 1.97. The zero-order chi connectivity index (χ0) is 17.4. The van der Waals surface area contributed by atoms with Gasteiger partial charge in [0.05, 0.1) is 12.4 Å². The molecule has 2 aromatic rings. The van der Waals surface area contributed by atoms with Crippen molar-refractivity contribution in [2.45, 2.75) is 25.3 Å². The lowest BCUT2D eigenvalue weighted by atomic mass is 10.2. The van der Waals surface area contributed by atoms with E-state index in [0.29, 0.717) is 0 Å². The molecule has 126 valence electrons. The monoisotopic (exact) mass is 332 g/mol. The highest BCUT2D eigenvalue weighted by Gasteiger charge is 2.24. The van der Waals surface area contributed by atoms with Crippen LogP contribution in [0.2, 0.25) is 0 Å². The minimum absolute atomic E-state index is 0.230. The Morgan fingerprint density at radius 1 is 0.750 bits per heavy atom. The van der Waals surface area contributed by atoms with Crippen molar-refractivity contribution < 1.29 is 29.8 Å². The summed E-state index contributed by atoms with van der Waals surface area (Å²) in [5.74, 6) is 0. The van der Waals surface area contributed by atoms with Crippen LogP contribution in [0.3, 0.4) is 0 Å². The fourth-order valence-corrected chi connectivity index (χ4v) is 2.16. The second-order valence-electron chi connectivity index (χ2n) is 5.28. The first-order valence-electron chi connectivity index (χ1n) is 7.31. The van der Waals surface area contributed by atoms with Crippen molar-refractivity contribution in [3.8, 4) is 0 Å². The Kier molecular flexibility index (Phi) is 6.35. The fourth-order valence-electron chi connectivity index (χ4n) is 2.16. The summed E-state index contributed by atoms with van der Waals surface area (Å²) in [4.78, 5) is 0. The lowest BCUT2D eigenvalue weighted by Crippen LogP contribution is -2.49. The van der Waals surface area contributed by atoms with Gasteiger partial charge in [-0.2, -0.15) is 0 Å². The lowest BCUT2D eigenvalue weighted by molar-refractivity contribution is -0.719. The number of aliphatic hydroxyl groups excluding tert-OH is 2. The van der Waals surface area contributed by atoms with Crippen molar-refractivity contribution in [3.05, 3.63) is 60.2 Å². The number of hydrogen-bond acceptors (Lipinski definition) is 6. The molecule has 8 heteroatoms. The van der Waals surface area contributed by atoms with Gasteiger partial charge in [-0.15, -0.1) is 0 Å². The molecule has 0 aliphatic heterocycles. The molecule has 0 spiro atoms. The summed E-state index contributed by atoms with van der Waals surface area (Å²) < 4.78 is 3.46. The molecule has 0 radical (unpaired) electrons. The van der Waals surface area contributed by atoms with Crippen molar-refractivity contribution in [1.82, 2.24) is 0 Å². The van der Waals surface area contributed by atoms with Crippen molar-refractivity contribution in [1.29, 1.82) is 0 Å². The lowest BCUT2D eigenvalue weighted by Gasteiger charge is -2.12. The van der Waals surface area contributed by atoms with Gasteiger partial charge in [-0.3, -0.25) is 0 Å². The molecule has 0 saturated heterocycles. The van der Waals surface area contributed by atoms with E-state index in [1.807, 2.05) is 0 Å². The van der Waals surface area contributed by atoms with Crippen LogP contribution < -0.4 is 9.13 Å². The van der Waals surface area contributed by atoms with Crippen LogP contribution >= 0.6 is 0 Å². The number of pyridine rings is 2. The third-order valence-corrected chi connectivity index (χ3v) is 3.49. The van der Waals surface area contributed by atoms with Gasteiger partial charge in [0.15, 0.2) is 37.9 Å². The number of aliphatic hydroxyl groups is 2. The van der Waals surface area contributed by atoms with Gasteiger partial charge in [0.1, 0.15) is 12.2 Å². The molecule has 2 atom stereocenters. The summed E-state index contributed by atoms with van der Waals surface area (Å²) in [5.41, 5.74) is 1.46. The molecular weight excluding hydrogens is 312 g/mol. The second-order valence-corrected chi connectivity index (χ2v) is 5.28. The zero-order valence-electron chi connectivity index (χ0n) is 12.9. The maximum absolute atomic E-state index is 10.1. The summed E-state index contributed by atoms with van der Waals surface area (Å²) >= 11 is 0. The van der Waals surface area contributed by atoms with Crippen molar-refractivity contribution in [2.75, 3.05) is 0 Å². The molecule has 8 nitrogen and oxygen atoms in total. The van der Waals surface area contributed by atoms with Crippen LogP contribution in [0.25, 0.3) is 0 Å². The highest BCUT2D eigenvalue weighted by molar-refractivity contribution is 5.78. The molecule has 4 N–H and O–H groups in total. The van der Waals surface area contributed by atoms with E-state index in [9.17, 15) is 10.2 Å². The smallest absolute Gasteiger partial charge is 0.176 e. The van der Waals surface area contributed by atoms with Gasteiger partial charge in [0.2, 0.25) is 0 Å². The molecule has 2 unspecified atom stereocenters. The number of aromatic nitrogens is 2. The standard InChI is InChI=1S/C16H18N4O4/c21-15(11-19-5-1-13(2-6-19)9-17-23)16(22)12-20-7-3-14(4-8-20)10-18-24/h1-10,15-16,21-22H,11-12H2/p+2. The predicted molar refractivity (Wildman–Crippen MR) is 84.0 cm³/mol. The second kappa shape index (κ2) is 8.70. The molecule has 0 saturated carbocycles. The van der Waals surface area contributed by atoms with E-state index in [0.717, 1.165) is 11.1 Å². The van der Waals surface area contributed by atoms with Crippen LogP contribution in [0, 0.1) is 0 Å². The van der Waals surface area contributed by atoms with Crippen LogP contribution in [-0.4, -0.2) is 45.3 Å². The molecule has 2 rings (SSSR count). The summed E-state index contributed by atoms with van der Waals surface area (Å²) in [6, 6.07) is 6.92. The third-order valence-electron chi connectivity index (χ3n) is 3.49. The van der Waals surface area contributed by atoms with Crippen LogP contribution in [0.4, 0.5) is 0 Å².